The van der Waals surface area contributed by atoms with Gasteiger partial charge in [0.2, 0.25) is 5.82 Å². The molecule has 0 fully saturated rings. The Morgan fingerprint density at radius 1 is 0.941 bits per heavy atom. The van der Waals surface area contributed by atoms with E-state index in [0.717, 1.165) is 43.6 Å². The van der Waals surface area contributed by atoms with Crippen LogP contribution in [0.1, 0.15) is 25.7 Å². The Morgan fingerprint density at radius 3 is 2.35 bits per heavy atom. The van der Waals surface area contributed by atoms with E-state index in [9.17, 15) is 13.2 Å². The Morgan fingerprint density at radius 2 is 1.65 bits per heavy atom. The summed E-state index contributed by atoms with van der Waals surface area (Å²) in [4.78, 5) is 0. The molecule has 0 bridgehead atoms. The van der Waals surface area contributed by atoms with E-state index in [1.807, 2.05) is 0 Å². The predicted molar refractivity (Wildman–Crippen MR) is 64.1 cm³/mol. The lowest BCUT2D eigenvalue weighted by molar-refractivity contribution is 0.282. The summed E-state index contributed by atoms with van der Waals surface area (Å²) in [5.41, 5.74) is 0. The van der Waals surface area contributed by atoms with Crippen molar-refractivity contribution in [3.05, 3.63) is 29.6 Å². The zero-order valence-corrected chi connectivity index (χ0v) is 10.3. The van der Waals surface area contributed by atoms with Gasteiger partial charge in [-0.15, -0.1) is 0 Å². The molecule has 0 amide bonds. The van der Waals surface area contributed by atoms with Gasteiger partial charge in [-0.05, 0) is 30.7 Å². The summed E-state index contributed by atoms with van der Waals surface area (Å²) in [6, 6.07) is 1.95. The molecule has 1 aromatic rings. The molecule has 17 heavy (non-hydrogen) atoms. The minimum atomic E-state index is -1.49. The van der Waals surface area contributed by atoms with E-state index in [1.165, 1.54) is 0 Å². The summed E-state index contributed by atoms with van der Waals surface area (Å²) in [5, 5.41) is 0. The van der Waals surface area contributed by atoms with Crippen LogP contribution in [-0.2, 0) is 0 Å². The number of benzene rings is 1. The smallest absolute Gasteiger partial charge is 0.203 e. The van der Waals surface area contributed by atoms with Crippen molar-refractivity contribution in [3.8, 4) is 5.75 Å². The maximum Gasteiger partial charge on any atom is 0.203 e. The van der Waals surface area contributed by atoms with E-state index in [0.29, 0.717) is 6.61 Å². The molecule has 1 rings (SSSR count). The third-order valence-electron chi connectivity index (χ3n) is 2.31. The number of ether oxygens (including phenoxy) is 1. The lowest BCUT2D eigenvalue weighted by atomic mass is 10.2. The summed E-state index contributed by atoms with van der Waals surface area (Å²) < 4.78 is 43.6. The highest BCUT2D eigenvalue weighted by atomic mass is 32.1. The topological polar surface area (TPSA) is 9.23 Å². The molecule has 0 unspecified atom stereocenters. The molecule has 0 saturated carbocycles. The highest BCUT2D eigenvalue weighted by Gasteiger charge is 2.13. The Kier molecular flexibility index (Phi) is 6.26. The fourth-order valence-corrected chi connectivity index (χ4v) is 1.59. The van der Waals surface area contributed by atoms with E-state index in [1.54, 1.807) is 0 Å². The molecule has 5 heteroatoms. The van der Waals surface area contributed by atoms with Crippen LogP contribution in [0.5, 0.6) is 5.75 Å². The number of thiol groups is 1. The Hall–Kier alpha value is -0.840. The van der Waals surface area contributed by atoms with E-state index < -0.39 is 17.5 Å². The number of hydrogen-bond acceptors (Lipinski definition) is 2. The molecule has 0 N–H and O–H groups in total. The van der Waals surface area contributed by atoms with Crippen LogP contribution < -0.4 is 4.74 Å². The van der Waals surface area contributed by atoms with Crippen molar-refractivity contribution in [2.24, 2.45) is 0 Å². The first-order valence-corrected chi connectivity index (χ1v) is 6.17. The molecule has 0 atom stereocenters. The van der Waals surface area contributed by atoms with Gasteiger partial charge in [0.15, 0.2) is 17.4 Å². The van der Waals surface area contributed by atoms with Gasteiger partial charge in [0, 0.05) is 0 Å². The Bertz CT molecular complexity index is 358. The van der Waals surface area contributed by atoms with Crippen molar-refractivity contribution in [2.75, 3.05) is 12.4 Å². The highest BCUT2D eigenvalue weighted by molar-refractivity contribution is 7.80. The number of halogens is 3. The number of hydrogen-bond donors (Lipinski definition) is 1. The quantitative estimate of drug-likeness (QED) is 0.445. The van der Waals surface area contributed by atoms with Gasteiger partial charge in [-0.1, -0.05) is 12.8 Å². The van der Waals surface area contributed by atoms with Crippen LogP contribution in [0.15, 0.2) is 12.1 Å². The van der Waals surface area contributed by atoms with Gasteiger partial charge < -0.3 is 4.74 Å². The minimum absolute atomic E-state index is 0.238. The molecule has 0 aliphatic heterocycles. The fourth-order valence-electron chi connectivity index (χ4n) is 1.37. The van der Waals surface area contributed by atoms with Gasteiger partial charge in [0.05, 0.1) is 6.61 Å². The molecule has 0 saturated heterocycles. The molecule has 1 aromatic carbocycles. The van der Waals surface area contributed by atoms with Crippen molar-refractivity contribution < 1.29 is 17.9 Å². The summed E-state index contributed by atoms with van der Waals surface area (Å²) in [5.74, 6) is -3.35. The number of rotatable bonds is 7. The Balaban J connectivity index is 2.35. The lowest BCUT2D eigenvalue weighted by Gasteiger charge is -2.07. The van der Waals surface area contributed by atoms with E-state index in [-0.39, 0.29) is 5.75 Å². The van der Waals surface area contributed by atoms with Crippen LogP contribution in [0.25, 0.3) is 0 Å². The molecule has 0 aromatic heterocycles. The largest absolute Gasteiger partial charge is 0.490 e. The fraction of sp³-hybridized carbons (Fsp3) is 0.500. The van der Waals surface area contributed by atoms with Crippen molar-refractivity contribution in [1.29, 1.82) is 0 Å². The molecule has 0 heterocycles. The second-order valence-corrected chi connectivity index (χ2v) is 4.11. The summed E-state index contributed by atoms with van der Waals surface area (Å²) in [7, 11) is 0. The molecular weight excluding hydrogens is 249 g/mol. The summed E-state index contributed by atoms with van der Waals surface area (Å²) in [6.07, 6.45) is 3.77. The first kappa shape index (κ1) is 14.2. The van der Waals surface area contributed by atoms with Gasteiger partial charge >= 0.3 is 0 Å². The van der Waals surface area contributed by atoms with Crippen molar-refractivity contribution in [2.45, 2.75) is 25.7 Å². The first-order chi connectivity index (χ1) is 8.16. The standard InChI is InChI=1S/C12H15F3OS/c13-9-5-6-10(12(15)11(9)14)16-7-3-1-2-4-8-17/h5-6,17H,1-4,7-8H2. The van der Waals surface area contributed by atoms with Crippen LogP contribution in [-0.4, -0.2) is 12.4 Å². The predicted octanol–water partition coefficient (Wildman–Crippen LogP) is 3.97. The second-order valence-electron chi connectivity index (χ2n) is 3.66. The van der Waals surface area contributed by atoms with Crippen molar-refractivity contribution in [1.82, 2.24) is 0 Å². The second kappa shape index (κ2) is 7.48. The normalized spacial score (nSPS) is 10.6. The van der Waals surface area contributed by atoms with E-state index in [2.05, 4.69) is 12.6 Å². The van der Waals surface area contributed by atoms with Crippen molar-refractivity contribution >= 4 is 12.6 Å². The van der Waals surface area contributed by atoms with Gasteiger partial charge in [-0.2, -0.15) is 17.0 Å². The lowest BCUT2D eigenvalue weighted by Crippen LogP contribution is -2.02. The Labute approximate surface area is 104 Å². The molecule has 0 aliphatic rings. The van der Waals surface area contributed by atoms with Gasteiger partial charge in [-0.3, -0.25) is 0 Å². The van der Waals surface area contributed by atoms with Gasteiger partial charge in [0.25, 0.3) is 0 Å². The average molecular weight is 264 g/mol. The SMILES string of the molecule is Fc1ccc(OCCCCCCS)c(F)c1F. The average Bonchev–Trinajstić information content (AvgIpc) is 2.33. The molecule has 96 valence electrons. The zero-order chi connectivity index (χ0) is 12.7. The zero-order valence-electron chi connectivity index (χ0n) is 9.39. The van der Waals surface area contributed by atoms with Crippen LogP contribution in [0.4, 0.5) is 13.2 Å². The van der Waals surface area contributed by atoms with Crippen LogP contribution >= 0.6 is 12.6 Å². The molecular formula is C12H15F3OS. The third kappa shape index (κ3) is 4.50. The van der Waals surface area contributed by atoms with Crippen LogP contribution in [0, 0.1) is 17.5 Å². The van der Waals surface area contributed by atoms with E-state index >= 15 is 0 Å². The van der Waals surface area contributed by atoms with Crippen LogP contribution in [0.2, 0.25) is 0 Å². The molecule has 0 aliphatic carbocycles. The maximum absolute atomic E-state index is 13.1. The van der Waals surface area contributed by atoms with Crippen molar-refractivity contribution in [3.63, 3.8) is 0 Å². The summed E-state index contributed by atoms with van der Waals surface area (Å²) in [6.45, 7) is 0.300. The molecule has 0 radical (unpaired) electrons. The molecule has 1 nitrogen and oxygen atoms in total. The maximum atomic E-state index is 13.1. The monoisotopic (exact) mass is 264 g/mol. The highest BCUT2D eigenvalue weighted by Crippen LogP contribution is 2.22. The molecule has 0 spiro atoms. The van der Waals surface area contributed by atoms with Gasteiger partial charge in [0.1, 0.15) is 0 Å². The summed E-state index contributed by atoms with van der Waals surface area (Å²) >= 11 is 4.08. The van der Waals surface area contributed by atoms with E-state index in [4.69, 9.17) is 4.74 Å². The van der Waals surface area contributed by atoms with Crippen LogP contribution in [0.3, 0.4) is 0 Å². The minimum Gasteiger partial charge on any atom is -0.490 e. The van der Waals surface area contributed by atoms with Gasteiger partial charge in [-0.25, -0.2) is 8.78 Å². The first-order valence-electron chi connectivity index (χ1n) is 5.54. The third-order valence-corrected chi connectivity index (χ3v) is 2.63. The number of unbranched alkanes of at least 4 members (excludes halogenated alkanes) is 3.